The third-order valence-corrected chi connectivity index (χ3v) is 6.40. The Labute approximate surface area is 178 Å². The van der Waals surface area contributed by atoms with Crippen LogP contribution in [0.5, 0.6) is 17.2 Å². The number of methoxy groups -OCH3 is 2. The van der Waals surface area contributed by atoms with Crippen LogP contribution in [-0.2, 0) is 0 Å². The minimum absolute atomic E-state index is 0.0626. The van der Waals surface area contributed by atoms with Gasteiger partial charge in [-0.1, -0.05) is 17.7 Å². The van der Waals surface area contributed by atoms with Crippen molar-refractivity contribution >= 4 is 28.6 Å². The van der Waals surface area contributed by atoms with Crippen LogP contribution in [0, 0.1) is 0 Å². The quantitative estimate of drug-likeness (QED) is 0.539. The molecule has 0 spiro atoms. The van der Waals surface area contributed by atoms with Crippen LogP contribution in [0.15, 0.2) is 59.0 Å². The molecule has 0 N–H and O–H groups in total. The summed E-state index contributed by atoms with van der Waals surface area (Å²) in [6, 6.07) is 15.8. The highest BCUT2D eigenvalue weighted by molar-refractivity contribution is 7.12. The number of hydrogen-bond donors (Lipinski definition) is 0. The predicted octanol–water partition coefficient (Wildman–Crippen LogP) is 5.66. The summed E-state index contributed by atoms with van der Waals surface area (Å²) in [5.74, 6) is 2.17. The van der Waals surface area contributed by atoms with Crippen molar-refractivity contribution in [2.45, 2.75) is 18.7 Å². The molecule has 3 heterocycles. The Morgan fingerprint density at radius 1 is 1.10 bits per heavy atom. The standard InChI is InChI=1S/C22H19ClN2O3S/c1-26-19-7-5-13(10-20(19)27-2)22-25-17(12-16(24-25)21-4-3-9-29-21)15-11-14(23)6-8-18(15)28-22/h3-11,17,22H,12H2,1-2H3/t17-,22+/m1/s1. The van der Waals surface area contributed by atoms with Gasteiger partial charge >= 0.3 is 0 Å². The number of hydrazone groups is 1. The van der Waals surface area contributed by atoms with Gasteiger partial charge in [0.2, 0.25) is 6.23 Å². The molecule has 5 rings (SSSR count). The Bertz CT molecular complexity index is 1080. The Morgan fingerprint density at radius 2 is 1.97 bits per heavy atom. The topological polar surface area (TPSA) is 43.3 Å². The lowest BCUT2D eigenvalue weighted by Crippen LogP contribution is -2.33. The second kappa shape index (κ2) is 7.28. The molecular weight excluding hydrogens is 408 g/mol. The molecule has 0 radical (unpaired) electrons. The molecule has 2 aliphatic rings. The van der Waals surface area contributed by atoms with Gasteiger partial charge < -0.3 is 14.2 Å². The van der Waals surface area contributed by atoms with E-state index in [0.29, 0.717) is 16.5 Å². The first-order chi connectivity index (χ1) is 14.2. The Hall–Kier alpha value is -2.70. The third kappa shape index (κ3) is 3.12. The summed E-state index contributed by atoms with van der Waals surface area (Å²) in [6.07, 6.45) is 0.437. The van der Waals surface area contributed by atoms with Crippen LogP contribution in [0.25, 0.3) is 0 Å². The third-order valence-electron chi connectivity index (χ3n) is 5.25. The van der Waals surface area contributed by atoms with Crippen LogP contribution in [0.1, 0.15) is 34.7 Å². The lowest BCUT2D eigenvalue weighted by Gasteiger charge is -2.38. The van der Waals surface area contributed by atoms with E-state index in [-0.39, 0.29) is 12.3 Å². The van der Waals surface area contributed by atoms with E-state index in [0.717, 1.165) is 29.0 Å². The van der Waals surface area contributed by atoms with Gasteiger partial charge in [0.15, 0.2) is 11.5 Å². The number of benzene rings is 2. The Kier molecular flexibility index (Phi) is 4.60. The lowest BCUT2D eigenvalue weighted by atomic mass is 9.97. The zero-order valence-corrected chi connectivity index (χ0v) is 17.5. The minimum Gasteiger partial charge on any atom is -0.493 e. The van der Waals surface area contributed by atoms with E-state index in [9.17, 15) is 0 Å². The molecule has 29 heavy (non-hydrogen) atoms. The second-order valence-electron chi connectivity index (χ2n) is 6.89. The number of rotatable bonds is 4. The zero-order valence-electron chi connectivity index (χ0n) is 16.0. The van der Waals surface area contributed by atoms with E-state index in [1.807, 2.05) is 47.5 Å². The van der Waals surface area contributed by atoms with Gasteiger partial charge in [0.05, 0.1) is 30.9 Å². The predicted molar refractivity (Wildman–Crippen MR) is 114 cm³/mol. The molecule has 0 amide bonds. The summed E-state index contributed by atoms with van der Waals surface area (Å²) in [6.45, 7) is 0. The summed E-state index contributed by atoms with van der Waals surface area (Å²) in [5.41, 5.74) is 3.07. The van der Waals surface area contributed by atoms with Crippen molar-refractivity contribution in [3.63, 3.8) is 0 Å². The largest absolute Gasteiger partial charge is 0.493 e. The average Bonchev–Trinajstić information content (AvgIpc) is 3.42. The molecule has 3 aromatic rings. The van der Waals surface area contributed by atoms with Crippen LogP contribution in [0.2, 0.25) is 5.02 Å². The average molecular weight is 427 g/mol. The number of fused-ring (bicyclic) bond motifs is 3. The molecule has 1 aromatic heterocycles. The molecule has 5 nitrogen and oxygen atoms in total. The van der Waals surface area contributed by atoms with E-state index in [1.165, 1.54) is 4.88 Å². The zero-order chi connectivity index (χ0) is 20.0. The smallest absolute Gasteiger partial charge is 0.214 e. The minimum atomic E-state index is -0.369. The van der Waals surface area contributed by atoms with E-state index in [4.69, 9.17) is 30.9 Å². The molecule has 0 fully saturated rings. The molecule has 2 aliphatic heterocycles. The highest BCUT2D eigenvalue weighted by Gasteiger charge is 2.41. The number of halogens is 1. The Morgan fingerprint density at radius 3 is 2.72 bits per heavy atom. The van der Waals surface area contributed by atoms with Gasteiger partial charge in [-0.05, 0) is 47.8 Å². The van der Waals surface area contributed by atoms with Crippen molar-refractivity contribution in [2.24, 2.45) is 5.10 Å². The molecule has 0 bridgehead atoms. The van der Waals surface area contributed by atoms with Crippen molar-refractivity contribution in [1.82, 2.24) is 5.01 Å². The summed E-state index contributed by atoms with van der Waals surface area (Å²) in [7, 11) is 3.26. The van der Waals surface area contributed by atoms with Gasteiger partial charge in [-0.25, -0.2) is 5.01 Å². The normalized spacial score (nSPS) is 19.8. The van der Waals surface area contributed by atoms with Gasteiger partial charge in [-0.15, -0.1) is 11.3 Å². The van der Waals surface area contributed by atoms with E-state index in [2.05, 4.69) is 11.4 Å². The van der Waals surface area contributed by atoms with Crippen LogP contribution >= 0.6 is 22.9 Å². The monoisotopic (exact) mass is 426 g/mol. The van der Waals surface area contributed by atoms with E-state index in [1.54, 1.807) is 25.6 Å². The maximum absolute atomic E-state index is 6.39. The van der Waals surface area contributed by atoms with Crippen molar-refractivity contribution in [3.8, 4) is 17.2 Å². The van der Waals surface area contributed by atoms with E-state index < -0.39 is 0 Å². The summed E-state index contributed by atoms with van der Waals surface area (Å²) < 4.78 is 17.3. The van der Waals surface area contributed by atoms with Crippen LogP contribution in [-0.4, -0.2) is 24.9 Å². The first-order valence-corrected chi connectivity index (χ1v) is 10.5. The van der Waals surface area contributed by atoms with Crippen molar-refractivity contribution in [2.75, 3.05) is 14.2 Å². The number of nitrogens with zero attached hydrogens (tertiary/aromatic N) is 2. The molecule has 0 saturated heterocycles. The maximum atomic E-state index is 6.39. The molecule has 0 saturated carbocycles. The Balaban J connectivity index is 1.60. The number of ether oxygens (including phenoxy) is 3. The molecule has 0 unspecified atom stereocenters. The molecule has 0 aliphatic carbocycles. The molecule has 148 valence electrons. The van der Waals surface area contributed by atoms with Crippen molar-refractivity contribution in [1.29, 1.82) is 0 Å². The van der Waals surface area contributed by atoms with Crippen LogP contribution < -0.4 is 14.2 Å². The summed E-state index contributed by atoms with van der Waals surface area (Å²) >= 11 is 7.99. The molecular formula is C22H19ClN2O3S. The van der Waals surface area contributed by atoms with Crippen molar-refractivity contribution in [3.05, 3.63) is 74.9 Å². The van der Waals surface area contributed by atoms with Crippen LogP contribution in [0.4, 0.5) is 0 Å². The SMILES string of the molecule is COc1ccc([C@@H]2Oc3ccc(Cl)cc3[C@H]3CC(c4cccs4)=NN32)cc1OC. The van der Waals surface area contributed by atoms with Crippen LogP contribution in [0.3, 0.4) is 0 Å². The molecule has 7 heteroatoms. The first kappa shape index (κ1) is 18.3. The highest BCUT2D eigenvalue weighted by atomic mass is 35.5. The first-order valence-electron chi connectivity index (χ1n) is 9.25. The summed E-state index contributed by atoms with van der Waals surface area (Å²) in [4.78, 5) is 1.18. The van der Waals surface area contributed by atoms with Gasteiger partial charge in [0.25, 0.3) is 0 Å². The number of hydrogen-bond acceptors (Lipinski definition) is 6. The fraction of sp³-hybridized carbons (Fsp3) is 0.227. The van der Waals surface area contributed by atoms with E-state index >= 15 is 0 Å². The van der Waals surface area contributed by atoms with Gasteiger partial charge in [-0.3, -0.25) is 0 Å². The van der Waals surface area contributed by atoms with Gasteiger partial charge in [0.1, 0.15) is 5.75 Å². The lowest BCUT2D eigenvalue weighted by molar-refractivity contribution is -0.0191. The fourth-order valence-corrected chi connectivity index (χ4v) is 4.78. The molecule has 2 aromatic carbocycles. The van der Waals surface area contributed by atoms with Gasteiger partial charge in [0, 0.05) is 22.6 Å². The number of thiophene rings is 1. The van der Waals surface area contributed by atoms with Crippen molar-refractivity contribution < 1.29 is 14.2 Å². The fourth-order valence-electron chi connectivity index (χ4n) is 3.88. The summed E-state index contributed by atoms with van der Waals surface area (Å²) in [5, 5.41) is 9.76. The molecule has 2 atom stereocenters. The van der Waals surface area contributed by atoms with Gasteiger partial charge in [-0.2, -0.15) is 5.10 Å². The second-order valence-corrected chi connectivity index (χ2v) is 8.27. The highest BCUT2D eigenvalue weighted by Crippen LogP contribution is 2.49. The maximum Gasteiger partial charge on any atom is 0.214 e.